The van der Waals surface area contributed by atoms with E-state index in [1.165, 1.54) is 0 Å². The number of para-hydroxylation sites is 1. The molecule has 0 aromatic heterocycles. The standard InChI is InChI=1S/C17H21NO2/c1-18-12-15(13-19-2)20-17-11-7-6-10-16(17)14-8-4-3-5-9-14/h3-11,15,18H,12-13H2,1-2H3. The lowest BCUT2D eigenvalue weighted by Gasteiger charge is -2.20. The maximum atomic E-state index is 6.09. The Bertz CT molecular complexity index is 507. The maximum Gasteiger partial charge on any atom is 0.134 e. The molecule has 1 unspecified atom stereocenters. The Kier molecular flexibility index (Phi) is 5.59. The van der Waals surface area contributed by atoms with Crippen molar-refractivity contribution in [2.24, 2.45) is 0 Å². The molecule has 0 amide bonds. The van der Waals surface area contributed by atoms with E-state index in [4.69, 9.17) is 9.47 Å². The van der Waals surface area contributed by atoms with Gasteiger partial charge in [-0.05, 0) is 18.7 Å². The molecule has 0 aliphatic rings. The number of likely N-dealkylation sites (N-methyl/N-ethyl adjacent to an activating group) is 1. The first-order valence-electron chi connectivity index (χ1n) is 6.79. The molecule has 3 nitrogen and oxygen atoms in total. The van der Waals surface area contributed by atoms with Crippen molar-refractivity contribution in [1.82, 2.24) is 5.32 Å². The number of rotatable bonds is 7. The monoisotopic (exact) mass is 271 g/mol. The van der Waals surface area contributed by atoms with Crippen LogP contribution in [0.1, 0.15) is 0 Å². The smallest absolute Gasteiger partial charge is 0.134 e. The van der Waals surface area contributed by atoms with Gasteiger partial charge in [0.2, 0.25) is 0 Å². The highest BCUT2D eigenvalue weighted by Crippen LogP contribution is 2.30. The number of hydrogen-bond acceptors (Lipinski definition) is 3. The Morgan fingerprint density at radius 1 is 1.00 bits per heavy atom. The van der Waals surface area contributed by atoms with Crippen molar-refractivity contribution in [3.05, 3.63) is 54.6 Å². The lowest BCUT2D eigenvalue weighted by Crippen LogP contribution is -2.33. The van der Waals surface area contributed by atoms with Gasteiger partial charge in [-0.3, -0.25) is 0 Å². The van der Waals surface area contributed by atoms with Crippen LogP contribution in [0.2, 0.25) is 0 Å². The van der Waals surface area contributed by atoms with Crippen molar-refractivity contribution in [3.63, 3.8) is 0 Å². The van der Waals surface area contributed by atoms with Crippen LogP contribution in [-0.2, 0) is 4.74 Å². The van der Waals surface area contributed by atoms with Crippen molar-refractivity contribution in [2.45, 2.75) is 6.10 Å². The van der Waals surface area contributed by atoms with Gasteiger partial charge in [0.25, 0.3) is 0 Å². The molecule has 2 rings (SSSR count). The second kappa shape index (κ2) is 7.68. The summed E-state index contributed by atoms with van der Waals surface area (Å²) in [5, 5.41) is 3.13. The number of benzene rings is 2. The molecule has 0 radical (unpaired) electrons. The first kappa shape index (κ1) is 14.6. The third-order valence-electron chi connectivity index (χ3n) is 3.05. The van der Waals surface area contributed by atoms with Crippen LogP contribution in [0.15, 0.2) is 54.6 Å². The number of nitrogens with one attached hydrogen (secondary N) is 1. The topological polar surface area (TPSA) is 30.5 Å². The molecule has 0 aliphatic heterocycles. The molecule has 0 bridgehead atoms. The zero-order chi connectivity index (χ0) is 14.2. The lowest BCUT2D eigenvalue weighted by molar-refractivity contribution is 0.0822. The molecule has 0 heterocycles. The van der Waals surface area contributed by atoms with Crippen molar-refractivity contribution >= 4 is 0 Å². The van der Waals surface area contributed by atoms with Gasteiger partial charge in [0.05, 0.1) is 6.61 Å². The van der Waals surface area contributed by atoms with E-state index in [1.807, 2.05) is 43.4 Å². The van der Waals surface area contributed by atoms with E-state index in [9.17, 15) is 0 Å². The average molecular weight is 271 g/mol. The molecule has 0 saturated heterocycles. The van der Waals surface area contributed by atoms with Gasteiger partial charge in [0, 0.05) is 19.2 Å². The Morgan fingerprint density at radius 2 is 1.70 bits per heavy atom. The van der Waals surface area contributed by atoms with Gasteiger partial charge in [0.1, 0.15) is 11.9 Å². The quantitative estimate of drug-likeness (QED) is 0.840. The summed E-state index contributed by atoms with van der Waals surface area (Å²) in [5.74, 6) is 0.885. The summed E-state index contributed by atoms with van der Waals surface area (Å²) in [7, 11) is 3.60. The fourth-order valence-electron chi connectivity index (χ4n) is 2.15. The van der Waals surface area contributed by atoms with Gasteiger partial charge >= 0.3 is 0 Å². The molecular weight excluding hydrogens is 250 g/mol. The SMILES string of the molecule is CNCC(COC)Oc1ccccc1-c1ccccc1. The molecule has 106 valence electrons. The molecule has 0 aliphatic carbocycles. The van der Waals surface area contributed by atoms with Crippen molar-refractivity contribution in [2.75, 3.05) is 27.3 Å². The van der Waals surface area contributed by atoms with E-state index in [0.29, 0.717) is 6.61 Å². The Labute approximate surface area is 120 Å². The maximum absolute atomic E-state index is 6.09. The second-order valence-corrected chi connectivity index (χ2v) is 4.62. The van der Waals surface area contributed by atoms with E-state index in [-0.39, 0.29) is 6.10 Å². The van der Waals surface area contributed by atoms with E-state index < -0.39 is 0 Å². The summed E-state index contributed by atoms with van der Waals surface area (Å²) in [5.41, 5.74) is 2.26. The number of ether oxygens (including phenoxy) is 2. The predicted molar refractivity (Wildman–Crippen MR) is 82.1 cm³/mol. The molecule has 3 heteroatoms. The van der Waals surface area contributed by atoms with Gasteiger partial charge in [-0.1, -0.05) is 48.5 Å². The minimum absolute atomic E-state index is 0.00476. The van der Waals surface area contributed by atoms with Gasteiger partial charge in [0.15, 0.2) is 0 Å². The molecule has 0 spiro atoms. The summed E-state index contributed by atoms with van der Waals surface area (Å²) in [6.45, 7) is 1.31. The first-order valence-corrected chi connectivity index (χ1v) is 6.79. The van der Waals surface area contributed by atoms with E-state index >= 15 is 0 Å². The summed E-state index contributed by atoms with van der Waals surface area (Å²) in [4.78, 5) is 0. The van der Waals surface area contributed by atoms with Crippen molar-refractivity contribution < 1.29 is 9.47 Å². The zero-order valence-corrected chi connectivity index (χ0v) is 12.0. The van der Waals surface area contributed by atoms with Gasteiger partial charge in [-0.2, -0.15) is 0 Å². The Balaban J connectivity index is 2.23. The first-order chi connectivity index (χ1) is 9.85. The van der Waals surface area contributed by atoms with E-state index in [2.05, 4.69) is 23.5 Å². The highest BCUT2D eigenvalue weighted by molar-refractivity contribution is 5.70. The molecular formula is C17H21NO2. The van der Waals surface area contributed by atoms with E-state index in [1.54, 1.807) is 7.11 Å². The third kappa shape index (κ3) is 3.83. The van der Waals surface area contributed by atoms with Gasteiger partial charge in [-0.15, -0.1) is 0 Å². The normalized spacial score (nSPS) is 12.1. The summed E-state index contributed by atoms with van der Waals surface area (Å²) in [6.07, 6.45) is -0.00476. The predicted octanol–water partition coefficient (Wildman–Crippen LogP) is 2.97. The van der Waals surface area contributed by atoms with Crippen molar-refractivity contribution in [3.8, 4) is 16.9 Å². The van der Waals surface area contributed by atoms with Crippen LogP contribution in [0.5, 0.6) is 5.75 Å². The third-order valence-corrected chi connectivity index (χ3v) is 3.05. The van der Waals surface area contributed by atoms with E-state index in [0.717, 1.165) is 23.4 Å². The molecule has 1 N–H and O–H groups in total. The molecule has 0 fully saturated rings. The number of methoxy groups -OCH3 is 1. The summed E-state index contributed by atoms with van der Waals surface area (Å²) in [6, 6.07) is 18.4. The van der Waals surface area contributed by atoms with Crippen LogP contribution in [0, 0.1) is 0 Å². The number of hydrogen-bond donors (Lipinski definition) is 1. The largest absolute Gasteiger partial charge is 0.486 e. The fourth-order valence-corrected chi connectivity index (χ4v) is 2.15. The van der Waals surface area contributed by atoms with Crippen molar-refractivity contribution in [1.29, 1.82) is 0 Å². The zero-order valence-electron chi connectivity index (χ0n) is 12.0. The Hall–Kier alpha value is -1.84. The van der Waals surface area contributed by atoms with Gasteiger partial charge < -0.3 is 14.8 Å². The highest BCUT2D eigenvalue weighted by Gasteiger charge is 2.12. The summed E-state index contributed by atoms with van der Waals surface area (Å²) < 4.78 is 11.3. The average Bonchev–Trinajstić information content (AvgIpc) is 2.49. The van der Waals surface area contributed by atoms with Crippen LogP contribution < -0.4 is 10.1 Å². The molecule has 2 aromatic carbocycles. The van der Waals surface area contributed by atoms with Crippen LogP contribution in [0.25, 0.3) is 11.1 Å². The van der Waals surface area contributed by atoms with Crippen LogP contribution in [0.3, 0.4) is 0 Å². The lowest BCUT2D eigenvalue weighted by atomic mass is 10.0. The molecule has 20 heavy (non-hydrogen) atoms. The van der Waals surface area contributed by atoms with Crippen LogP contribution >= 0.6 is 0 Å². The molecule has 2 aromatic rings. The fraction of sp³-hybridized carbons (Fsp3) is 0.294. The molecule has 0 saturated carbocycles. The minimum Gasteiger partial charge on any atom is -0.486 e. The van der Waals surface area contributed by atoms with Gasteiger partial charge in [-0.25, -0.2) is 0 Å². The van der Waals surface area contributed by atoms with Crippen LogP contribution in [0.4, 0.5) is 0 Å². The molecule has 1 atom stereocenters. The highest BCUT2D eigenvalue weighted by atomic mass is 16.5. The summed E-state index contributed by atoms with van der Waals surface area (Å²) >= 11 is 0. The Morgan fingerprint density at radius 3 is 2.40 bits per heavy atom. The second-order valence-electron chi connectivity index (χ2n) is 4.62. The minimum atomic E-state index is -0.00476. The van der Waals surface area contributed by atoms with Crippen LogP contribution in [-0.4, -0.2) is 33.4 Å².